The second-order valence-corrected chi connectivity index (χ2v) is 4.29. The van der Waals surface area contributed by atoms with Crippen molar-refractivity contribution in [1.82, 2.24) is 5.32 Å². The molecule has 0 fully saturated rings. The number of hydrogen-bond donors (Lipinski definition) is 2. The molecule has 0 bridgehead atoms. The van der Waals surface area contributed by atoms with Crippen molar-refractivity contribution in [2.24, 2.45) is 0 Å². The molecule has 1 unspecified atom stereocenters. The molecule has 0 aliphatic rings. The Morgan fingerprint density at radius 3 is 2.53 bits per heavy atom. The average molecular weight is 219 g/mol. The lowest BCUT2D eigenvalue weighted by molar-refractivity contribution is -0.0128. The van der Waals surface area contributed by atoms with Gasteiger partial charge in [0.15, 0.2) is 0 Å². The van der Waals surface area contributed by atoms with E-state index in [1.165, 1.54) is 0 Å². The van der Waals surface area contributed by atoms with Crippen LogP contribution in [-0.2, 0) is 9.47 Å². The highest BCUT2D eigenvalue weighted by Crippen LogP contribution is 2.12. The fraction of sp³-hybridized carbons (Fsp3) is 1.00. The van der Waals surface area contributed by atoms with Crippen molar-refractivity contribution in [2.75, 3.05) is 34.0 Å². The lowest BCUT2D eigenvalue weighted by atomic mass is 10.1. The summed E-state index contributed by atoms with van der Waals surface area (Å²) >= 11 is 0. The Kier molecular flexibility index (Phi) is 7.96. The maximum atomic E-state index is 8.78. The minimum absolute atomic E-state index is 0.119. The predicted molar refractivity (Wildman–Crippen MR) is 61.1 cm³/mol. The summed E-state index contributed by atoms with van der Waals surface area (Å²) < 4.78 is 10.8. The number of methoxy groups -OCH3 is 1. The third kappa shape index (κ3) is 7.73. The molecule has 0 rings (SSSR count). The zero-order valence-corrected chi connectivity index (χ0v) is 10.4. The Morgan fingerprint density at radius 2 is 2.07 bits per heavy atom. The zero-order valence-electron chi connectivity index (χ0n) is 10.4. The molecule has 0 saturated heterocycles. The van der Waals surface area contributed by atoms with Crippen molar-refractivity contribution in [3.63, 3.8) is 0 Å². The molecule has 1 atom stereocenters. The highest BCUT2D eigenvalue weighted by Gasteiger charge is 2.15. The first kappa shape index (κ1) is 14.8. The van der Waals surface area contributed by atoms with E-state index in [0.717, 1.165) is 12.8 Å². The standard InChI is InChI=1S/C11H25NO3/c1-11(2,14-4)6-8-15-9-10(12-3)5-7-13/h10,12-13H,5-9H2,1-4H3. The maximum absolute atomic E-state index is 8.78. The molecular formula is C11H25NO3. The Labute approximate surface area is 93.0 Å². The van der Waals surface area contributed by atoms with E-state index in [0.29, 0.717) is 13.2 Å². The molecule has 0 aliphatic carbocycles. The van der Waals surface area contributed by atoms with Crippen LogP contribution >= 0.6 is 0 Å². The first-order chi connectivity index (χ1) is 7.05. The minimum Gasteiger partial charge on any atom is -0.396 e. The van der Waals surface area contributed by atoms with Gasteiger partial charge in [-0.3, -0.25) is 0 Å². The summed E-state index contributed by atoms with van der Waals surface area (Å²) in [7, 11) is 3.59. The molecule has 0 spiro atoms. The van der Waals surface area contributed by atoms with E-state index < -0.39 is 0 Å². The Morgan fingerprint density at radius 1 is 1.40 bits per heavy atom. The van der Waals surface area contributed by atoms with Crippen LogP contribution in [0.2, 0.25) is 0 Å². The summed E-state index contributed by atoms with van der Waals surface area (Å²) in [6.45, 7) is 5.60. The van der Waals surface area contributed by atoms with Crippen LogP contribution in [0.15, 0.2) is 0 Å². The molecule has 0 aromatic heterocycles. The molecule has 0 aliphatic heterocycles. The van der Waals surface area contributed by atoms with Gasteiger partial charge in [-0.2, -0.15) is 0 Å². The van der Waals surface area contributed by atoms with Gasteiger partial charge < -0.3 is 19.9 Å². The fourth-order valence-corrected chi connectivity index (χ4v) is 1.11. The molecule has 92 valence electrons. The normalized spacial score (nSPS) is 14.2. The maximum Gasteiger partial charge on any atom is 0.0644 e. The fourth-order valence-electron chi connectivity index (χ4n) is 1.11. The van der Waals surface area contributed by atoms with Gasteiger partial charge in [-0.15, -0.1) is 0 Å². The van der Waals surface area contributed by atoms with Gasteiger partial charge >= 0.3 is 0 Å². The van der Waals surface area contributed by atoms with Gasteiger partial charge in [0.05, 0.1) is 12.2 Å². The van der Waals surface area contributed by atoms with Gasteiger partial charge in [-0.25, -0.2) is 0 Å². The van der Waals surface area contributed by atoms with E-state index in [1.54, 1.807) is 7.11 Å². The third-order valence-corrected chi connectivity index (χ3v) is 2.61. The lowest BCUT2D eigenvalue weighted by Gasteiger charge is -2.23. The summed E-state index contributed by atoms with van der Waals surface area (Å²) in [6, 6.07) is 0.237. The van der Waals surface area contributed by atoms with Crippen LogP contribution in [0.25, 0.3) is 0 Å². The smallest absolute Gasteiger partial charge is 0.0644 e. The second-order valence-electron chi connectivity index (χ2n) is 4.29. The number of rotatable bonds is 9. The topological polar surface area (TPSA) is 50.7 Å². The van der Waals surface area contributed by atoms with Gasteiger partial charge in [0.25, 0.3) is 0 Å². The summed E-state index contributed by atoms with van der Waals surface area (Å²) in [5.41, 5.74) is -0.119. The number of likely N-dealkylation sites (N-methyl/N-ethyl adjacent to an activating group) is 1. The van der Waals surface area contributed by atoms with Gasteiger partial charge in [0.1, 0.15) is 0 Å². The zero-order chi connectivity index (χ0) is 11.7. The van der Waals surface area contributed by atoms with Crippen molar-refractivity contribution in [2.45, 2.75) is 38.3 Å². The second kappa shape index (κ2) is 8.05. The van der Waals surface area contributed by atoms with Crippen molar-refractivity contribution in [1.29, 1.82) is 0 Å². The molecule has 0 aromatic rings. The number of nitrogens with one attached hydrogen (secondary N) is 1. The van der Waals surface area contributed by atoms with Crippen LogP contribution in [0.3, 0.4) is 0 Å². The van der Waals surface area contributed by atoms with E-state index in [2.05, 4.69) is 5.32 Å². The first-order valence-electron chi connectivity index (χ1n) is 5.46. The molecule has 15 heavy (non-hydrogen) atoms. The lowest BCUT2D eigenvalue weighted by Crippen LogP contribution is -2.32. The highest BCUT2D eigenvalue weighted by molar-refractivity contribution is 4.67. The van der Waals surface area contributed by atoms with Crippen LogP contribution < -0.4 is 5.32 Å². The van der Waals surface area contributed by atoms with Gasteiger partial charge in [-0.05, 0) is 33.7 Å². The van der Waals surface area contributed by atoms with Crippen molar-refractivity contribution in [3.8, 4) is 0 Å². The van der Waals surface area contributed by atoms with Crippen LogP contribution in [0.1, 0.15) is 26.7 Å². The predicted octanol–water partition coefficient (Wildman–Crippen LogP) is 0.788. The van der Waals surface area contributed by atoms with Crippen molar-refractivity contribution in [3.05, 3.63) is 0 Å². The van der Waals surface area contributed by atoms with E-state index in [1.807, 2.05) is 20.9 Å². The molecule has 0 amide bonds. The molecule has 0 saturated carbocycles. The Balaban J connectivity index is 3.52. The van der Waals surface area contributed by atoms with E-state index in [9.17, 15) is 0 Å². The highest BCUT2D eigenvalue weighted by atomic mass is 16.5. The summed E-state index contributed by atoms with van der Waals surface area (Å²) in [5, 5.41) is 11.9. The van der Waals surface area contributed by atoms with E-state index in [-0.39, 0.29) is 18.2 Å². The molecule has 2 N–H and O–H groups in total. The number of hydrogen-bond acceptors (Lipinski definition) is 4. The molecule has 0 heterocycles. The Hall–Kier alpha value is -0.160. The van der Waals surface area contributed by atoms with Gasteiger partial charge in [-0.1, -0.05) is 0 Å². The number of aliphatic hydroxyl groups is 1. The van der Waals surface area contributed by atoms with Crippen LogP contribution in [0.4, 0.5) is 0 Å². The van der Waals surface area contributed by atoms with Crippen LogP contribution in [0.5, 0.6) is 0 Å². The van der Waals surface area contributed by atoms with Gasteiger partial charge in [0, 0.05) is 26.4 Å². The number of ether oxygens (including phenoxy) is 2. The molecule has 0 radical (unpaired) electrons. The van der Waals surface area contributed by atoms with Crippen molar-refractivity contribution >= 4 is 0 Å². The quantitative estimate of drug-likeness (QED) is 0.563. The van der Waals surface area contributed by atoms with E-state index >= 15 is 0 Å². The number of aliphatic hydroxyl groups excluding tert-OH is 1. The Bertz CT molecular complexity index is 151. The first-order valence-corrected chi connectivity index (χ1v) is 5.46. The van der Waals surface area contributed by atoms with Gasteiger partial charge in [0.2, 0.25) is 0 Å². The third-order valence-electron chi connectivity index (χ3n) is 2.61. The summed E-state index contributed by atoms with van der Waals surface area (Å²) in [4.78, 5) is 0. The largest absolute Gasteiger partial charge is 0.396 e. The summed E-state index contributed by atoms with van der Waals surface area (Å²) in [5.74, 6) is 0. The molecule has 4 heteroatoms. The average Bonchev–Trinajstić information content (AvgIpc) is 2.22. The molecular weight excluding hydrogens is 194 g/mol. The van der Waals surface area contributed by atoms with Crippen LogP contribution in [-0.4, -0.2) is 50.7 Å². The molecule has 4 nitrogen and oxygen atoms in total. The molecule has 0 aromatic carbocycles. The monoisotopic (exact) mass is 219 g/mol. The SMILES string of the molecule is CNC(CCO)COCCC(C)(C)OC. The minimum atomic E-state index is -0.119. The van der Waals surface area contributed by atoms with Crippen LogP contribution in [0, 0.1) is 0 Å². The van der Waals surface area contributed by atoms with Crippen molar-refractivity contribution < 1.29 is 14.6 Å². The summed E-state index contributed by atoms with van der Waals surface area (Å²) in [6.07, 6.45) is 1.60. The van der Waals surface area contributed by atoms with E-state index in [4.69, 9.17) is 14.6 Å².